The zero-order valence-electron chi connectivity index (χ0n) is 22.6. The van der Waals surface area contributed by atoms with E-state index in [4.69, 9.17) is 10.5 Å². The van der Waals surface area contributed by atoms with E-state index in [0.717, 1.165) is 36.3 Å². The molecule has 6 rings (SSSR count). The number of carbonyl (C=O) groups is 3. The number of phenolic OH excluding ortho intramolecular Hbond substituents is 1. The van der Waals surface area contributed by atoms with E-state index in [2.05, 4.69) is 4.90 Å². The second-order valence-electron chi connectivity index (χ2n) is 11.4. The number of phenols is 1. The summed E-state index contributed by atoms with van der Waals surface area (Å²) in [6, 6.07) is 9.14. The Hall–Kier alpha value is -4.15. The van der Waals surface area contributed by atoms with Crippen molar-refractivity contribution in [2.75, 3.05) is 20.2 Å². The van der Waals surface area contributed by atoms with E-state index in [1.54, 1.807) is 13.2 Å². The van der Waals surface area contributed by atoms with Crippen molar-refractivity contribution in [3.05, 3.63) is 63.9 Å². The first kappa shape index (κ1) is 27.0. The van der Waals surface area contributed by atoms with Gasteiger partial charge in [-0.1, -0.05) is 12.1 Å². The van der Waals surface area contributed by atoms with E-state index in [1.165, 1.54) is 18.9 Å². The predicted octanol–water partition coefficient (Wildman–Crippen LogP) is 2.70. The molecule has 10 heteroatoms. The van der Waals surface area contributed by atoms with Gasteiger partial charge < -0.3 is 30.9 Å². The van der Waals surface area contributed by atoms with Crippen LogP contribution in [0.1, 0.15) is 42.4 Å². The highest BCUT2D eigenvalue weighted by atomic mass is 16.5. The van der Waals surface area contributed by atoms with Crippen LogP contribution in [-0.2, 0) is 27.3 Å². The third kappa shape index (κ3) is 4.04. The summed E-state index contributed by atoms with van der Waals surface area (Å²) in [5, 5.41) is 44.5. The van der Waals surface area contributed by atoms with Gasteiger partial charge in [0.05, 0.1) is 12.7 Å². The van der Waals surface area contributed by atoms with Gasteiger partial charge >= 0.3 is 0 Å². The van der Waals surface area contributed by atoms with Gasteiger partial charge in [0.15, 0.2) is 11.4 Å². The first-order valence-corrected chi connectivity index (χ1v) is 13.8. The Balaban J connectivity index is 1.48. The van der Waals surface area contributed by atoms with Gasteiger partial charge in [-0.15, -0.1) is 0 Å². The van der Waals surface area contributed by atoms with Crippen molar-refractivity contribution < 1.29 is 39.5 Å². The van der Waals surface area contributed by atoms with Crippen LogP contribution in [0.3, 0.4) is 0 Å². The molecule has 1 saturated heterocycles. The molecule has 2 fully saturated rings. The van der Waals surface area contributed by atoms with E-state index in [1.807, 2.05) is 18.2 Å². The van der Waals surface area contributed by atoms with E-state index >= 15 is 0 Å². The van der Waals surface area contributed by atoms with Gasteiger partial charge in [0.1, 0.15) is 28.6 Å². The van der Waals surface area contributed by atoms with Crippen LogP contribution in [0.2, 0.25) is 0 Å². The highest BCUT2D eigenvalue weighted by Gasteiger charge is 2.60. The molecule has 1 amide bonds. The fourth-order valence-electron chi connectivity index (χ4n) is 7.14. The number of Topliss-reactive ketones (excluding diaryl/α,β-unsaturated/α-hetero) is 2. The summed E-state index contributed by atoms with van der Waals surface area (Å²) in [5.74, 6) is -5.88. The predicted molar refractivity (Wildman–Crippen MR) is 148 cm³/mol. The monoisotopic (exact) mass is 560 g/mol. The third-order valence-electron chi connectivity index (χ3n) is 9.11. The zero-order valence-corrected chi connectivity index (χ0v) is 22.6. The van der Waals surface area contributed by atoms with Gasteiger partial charge in [0, 0.05) is 30.0 Å². The van der Waals surface area contributed by atoms with Crippen molar-refractivity contribution in [2.24, 2.45) is 17.6 Å². The van der Waals surface area contributed by atoms with Crippen molar-refractivity contribution in [3.8, 4) is 22.6 Å². The summed E-state index contributed by atoms with van der Waals surface area (Å²) in [4.78, 5) is 40.6. The summed E-state index contributed by atoms with van der Waals surface area (Å²) < 4.78 is 5.69. The van der Waals surface area contributed by atoms with E-state index in [0.29, 0.717) is 11.3 Å². The molecule has 0 radical (unpaired) electrons. The number of aliphatic hydroxyl groups excluding tert-OH is 2. The molecule has 0 aromatic heterocycles. The summed E-state index contributed by atoms with van der Waals surface area (Å²) in [5.41, 5.74) is 4.94. The number of amides is 1. The molecule has 0 spiro atoms. The average molecular weight is 561 g/mol. The van der Waals surface area contributed by atoms with E-state index in [9.17, 15) is 34.8 Å². The van der Waals surface area contributed by atoms with Gasteiger partial charge in [-0.05, 0) is 79.6 Å². The summed E-state index contributed by atoms with van der Waals surface area (Å²) in [6.45, 7) is 2.85. The smallest absolute Gasteiger partial charge is 0.255 e. The minimum Gasteiger partial charge on any atom is -0.508 e. The number of likely N-dealkylation sites (tertiary alicyclic amines) is 1. The van der Waals surface area contributed by atoms with Crippen LogP contribution in [0.15, 0.2) is 47.2 Å². The Labute approximate surface area is 236 Å². The number of carbonyl (C=O) groups excluding carboxylic acids is 3. The van der Waals surface area contributed by atoms with Crippen LogP contribution in [0.4, 0.5) is 0 Å². The molecule has 2 aromatic carbocycles. The average Bonchev–Trinajstić information content (AvgIpc) is 3.44. The third-order valence-corrected chi connectivity index (χ3v) is 9.11. The first-order valence-electron chi connectivity index (χ1n) is 13.8. The standard InChI is InChI=1S/C31H32N2O8/c1-41-23-7-4-15(14-33-8-2-3-9-33)10-19(23)18-5-6-21(34)25-20(18)12-16-11-17-13-22(35)26(30(32)39)29(38)31(17,40)28(37)24(16)27(25)36/h4-7,10,16-17,34,36,38,40H,2-3,8-9,11-14H2,1H3,(H2,32,39)/t16-,17+,31+/m1/s1. The molecule has 3 atom stereocenters. The number of benzene rings is 2. The highest BCUT2D eigenvalue weighted by molar-refractivity contribution is 6.22. The molecule has 3 aliphatic carbocycles. The number of fused-ring (bicyclic) bond motifs is 3. The van der Waals surface area contributed by atoms with Gasteiger partial charge in [0.25, 0.3) is 5.91 Å². The molecule has 10 nitrogen and oxygen atoms in total. The number of nitrogens with two attached hydrogens (primary N) is 1. The number of aromatic hydroxyl groups is 1. The van der Waals surface area contributed by atoms with Crippen LogP contribution >= 0.6 is 0 Å². The van der Waals surface area contributed by atoms with Crippen LogP contribution < -0.4 is 10.5 Å². The van der Waals surface area contributed by atoms with Crippen molar-refractivity contribution in [3.63, 3.8) is 0 Å². The number of ketones is 2. The fourth-order valence-corrected chi connectivity index (χ4v) is 7.14. The lowest BCUT2D eigenvalue weighted by molar-refractivity contribution is -0.147. The van der Waals surface area contributed by atoms with Crippen molar-refractivity contribution in [1.82, 2.24) is 4.90 Å². The quantitative estimate of drug-likeness (QED) is 0.345. The van der Waals surface area contributed by atoms with Gasteiger partial charge in [-0.2, -0.15) is 0 Å². The molecular weight excluding hydrogens is 528 g/mol. The Morgan fingerprint density at radius 2 is 1.80 bits per heavy atom. The molecular formula is C31H32N2O8. The maximum absolute atomic E-state index is 13.8. The Bertz CT molecular complexity index is 1570. The van der Waals surface area contributed by atoms with Crippen molar-refractivity contribution >= 4 is 23.2 Å². The molecule has 0 unspecified atom stereocenters. The number of ether oxygens (including phenoxy) is 1. The Morgan fingerprint density at radius 3 is 2.49 bits per heavy atom. The summed E-state index contributed by atoms with van der Waals surface area (Å²) in [6.07, 6.45) is 2.27. The second-order valence-corrected chi connectivity index (χ2v) is 11.4. The molecule has 6 N–H and O–H groups in total. The minimum atomic E-state index is -2.59. The van der Waals surface area contributed by atoms with Gasteiger partial charge in [-0.25, -0.2) is 0 Å². The van der Waals surface area contributed by atoms with Crippen LogP contribution in [0.25, 0.3) is 16.9 Å². The Morgan fingerprint density at radius 1 is 1.07 bits per heavy atom. The topological polar surface area (TPSA) is 171 Å². The van der Waals surface area contributed by atoms with Crippen LogP contribution in [0, 0.1) is 11.8 Å². The largest absolute Gasteiger partial charge is 0.508 e. The van der Waals surface area contributed by atoms with Crippen LogP contribution in [0.5, 0.6) is 11.5 Å². The molecule has 1 aliphatic heterocycles. The van der Waals surface area contributed by atoms with Crippen LogP contribution in [-0.4, -0.2) is 68.6 Å². The van der Waals surface area contributed by atoms with E-state index < -0.39 is 52.0 Å². The number of methoxy groups -OCH3 is 1. The number of primary amides is 1. The molecule has 4 aliphatic rings. The molecule has 1 heterocycles. The van der Waals surface area contributed by atoms with Gasteiger partial charge in [-0.3, -0.25) is 19.3 Å². The number of rotatable bonds is 5. The maximum Gasteiger partial charge on any atom is 0.255 e. The highest BCUT2D eigenvalue weighted by Crippen LogP contribution is 2.53. The van der Waals surface area contributed by atoms with Crippen molar-refractivity contribution in [2.45, 2.75) is 44.2 Å². The lowest BCUT2D eigenvalue weighted by atomic mass is 9.59. The lowest BCUT2D eigenvalue weighted by Gasteiger charge is -2.46. The van der Waals surface area contributed by atoms with Crippen molar-refractivity contribution in [1.29, 1.82) is 0 Å². The fraction of sp³-hybridized carbons (Fsp3) is 0.387. The van der Waals surface area contributed by atoms with E-state index in [-0.39, 0.29) is 36.1 Å². The SMILES string of the molecule is COc1ccc(CN2CCCC2)cc1-c1ccc(O)c2c1C[C@H]1C[C@H]3CC(=O)C(C(N)=O)=C(O)[C@@]3(O)C(=O)C1=C2O. The number of hydrogen-bond acceptors (Lipinski definition) is 9. The molecule has 214 valence electrons. The number of aliphatic hydroxyl groups is 3. The maximum atomic E-state index is 13.8. The molecule has 0 bridgehead atoms. The Kier molecular flexibility index (Phi) is 6.43. The minimum absolute atomic E-state index is 0.0571. The lowest BCUT2D eigenvalue weighted by Crippen LogP contribution is -2.58. The molecule has 1 saturated carbocycles. The second kappa shape index (κ2) is 9.74. The van der Waals surface area contributed by atoms with Gasteiger partial charge in [0.2, 0.25) is 5.78 Å². The first-order chi connectivity index (χ1) is 19.6. The molecule has 41 heavy (non-hydrogen) atoms. The number of hydrogen-bond donors (Lipinski definition) is 5. The zero-order chi connectivity index (χ0) is 29.2. The normalized spacial score (nSPS) is 26.1. The number of nitrogens with zero attached hydrogens (tertiary/aromatic N) is 1. The summed E-state index contributed by atoms with van der Waals surface area (Å²) in [7, 11) is 1.57. The molecule has 2 aromatic rings. The summed E-state index contributed by atoms with van der Waals surface area (Å²) >= 11 is 0.